The molecule has 0 radical (unpaired) electrons. The average molecular weight is 356 g/mol. The molecule has 8 heteroatoms. The van der Waals surface area contributed by atoms with Crippen LogP contribution in [0.5, 0.6) is 5.75 Å². The predicted molar refractivity (Wildman–Crippen MR) is 91.4 cm³/mol. The van der Waals surface area contributed by atoms with Gasteiger partial charge in [-0.25, -0.2) is 0 Å². The molecule has 0 aromatic heterocycles. The lowest BCUT2D eigenvalue weighted by Gasteiger charge is -2.34. The first-order valence-electron chi connectivity index (χ1n) is 7.96. The number of halogens is 1. The molecule has 1 aromatic carbocycles. The third-order valence-electron chi connectivity index (χ3n) is 4.09. The lowest BCUT2D eigenvalue weighted by atomic mass is 9.97. The van der Waals surface area contributed by atoms with Crippen molar-refractivity contribution in [3.8, 4) is 5.75 Å². The molecule has 1 heterocycles. The summed E-state index contributed by atoms with van der Waals surface area (Å²) in [6.45, 7) is 3.84. The van der Waals surface area contributed by atoms with E-state index in [1.54, 1.807) is 11.8 Å². The lowest BCUT2D eigenvalue weighted by Crippen LogP contribution is -2.47. The van der Waals surface area contributed by atoms with E-state index < -0.39 is 11.0 Å². The van der Waals surface area contributed by atoms with Crippen LogP contribution in [0.25, 0.3) is 0 Å². The molecular formula is C16H22ClN3O4. The van der Waals surface area contributed by atoms with Crippen molar-refractivity contribution in [2.24, 2.45) is 5.92 Å². The van der Waals surface area contributed by atoms with Crippen LogP contribution in [0.3, 0.4) is 0 Å². The molecule has 1 N–H and O–H groups in total. The van der Waals surface area contributed by atoms with E-state index >= 15 is 0 Å². The molecule has 0 bridgehead atoms. The van der Waals surface area contributed by atoms with Crippen LogP contribution in [0.2, 0.25) is 5.02 Å². The summed E-state index contributed by atoms with van der Waals surface area (Å²) in [5.41, 5.74) is -0.242. The Morgan fingerprint density at radius 3 is 3.00 bits per heavy atom. The third kappa shape index (κ3) is 4.58. The van der Waals surface area contributed by atoms with E-state index in [0.717, 1.165) is 19.4 Å². The van der Waals surface area contributed by atoms with Gasteiger partial charge in [-0.15, -0.1) is 0 Å². The molecule has 1 amide bonds. The zero-order valence-electron chi connectivity index (χ0n) is 13.8. The second kappa shape index (κ2) is 8.30. The van der Waals surface area contributed by atoms with Crippen molar-refractivity contribution in [2.45, 2.75) is 25.9 Å². The van der Waals surface area contributed by atoms with Crippen LogP contribution in [0.1, 0.15) is 19.8 Å². The molecule has 2 rings (SSSR count). The minimum atomic E-state index is -0.793. The summed E-state index contributed by atoms with van der Waals surface area (Å²) in [5, 5.41) is 14.5. The van der Waals surface area contributed by atoms with Gasteiger partial charge in [0, 0.05) is 24.2 Å². The SMILES string of the molecule is CNCC1CCCN(C(=O)C(C)Oc2ccc(Cl)cc2[N+](=O)[O-])C1. The maximum atomic E-state index is 12.6. The number of carbonyl (C=O) groups is 1. The Morgan fingerprint density at radius 2 is 2.33 bits per heavy atom. The summed E-state index contributed by atoms with van der Waals surface area (Å²) < 4.78 is 5.56. The van der Waals surface area contributed by atoms with Gasteiger partial charge in [0.2, 0.25) is 0 Å². The highest BCUT2D eigenvalue weighted by atomic mass is 35.5. The molecule has 0 spiro atoms. The minimum absolute atomic E-state index is 0.0500. The number of piperidine rings is 1. The molecule has 2 atom stereocenters. The topological polar surface area (TPSA) is 84.7 Å². The number of nitro benzene ring substituents is 1. The van der Waals surface area contributed by atoms with Gasteiger partial charge in [0.25, 0.3) is 5.91 Å². The van der Waals surface area contributed by atoms with Gasteiger partial charge in [0.1, 0.15) is 0 Å². The fraction of sp³-hybridized carbons (Fsp3) is 0.562. The number of nitrogens with zero attached hydrogens (tertiary/aromatic N) is 2. The Hall–Kier alpha value is -1.86. The van der Waals surface area contributed by atoms with Crippen molar-refractivity contribution in [3.05, 3.63) is 33.3 Å². The normalized spacial score (nSPS) is 19.0. The van der Waals surface area contributed by atoms with Gasteiger partial charge >= 0.3 is 5.69 Å². The van der Waals surface area contributed by atoms with Crippen molar-refractivity contribution in [1.82, 2.24) is 10.2 Å². The number of carbonyl (C=O) groups excluding carboxylic acids is 1. The van der Waals surface area contributed by atoms with Crippen LogP contribution in [-0.4, -0.2) is 48.5 Å². The zero-order valence-corrected chi connectivity index (χ0v) is 14.6. The van der Waals surface area contributed by atoms with Crippen LogP contribution in [0, 0.1) is 16.0 Å². The van der Waals surface area contributed by atoms with E-state index in [4.69, 9.17) is 16.3 Å². The fourth-order valence-corrected chi connectivity index (χ4v) is 3.12. The Labute approximate surface area is 146 Å². The van der Waals surface area contributed by atoms with Crippen LogP contribution in [0.4, 0.5) is 5.69 Å². The molecule has 1 aliphatic rings. The van der Waals surface area contributed by atoms with Crippen molar-refractivity contribution < 1.29 is 14.5 Å². The van der Waals surface area contributed by atoms with E-state index in [1.807, 2.05) is 7.05 Å². The fourth-order valence-electron chi connectivity index (χ4n) is 2.95. The first kappa shape index (κ1) is 18.5. The number of hydrogen-bond donors (Lipinski definition) is 1. The molecule has 1 aromatic rings. The minimum Gasteiger partial charge on any atom is -0.474 e. The second-order valence-electron chi connectivity index (χ2n) is 5.98. The maximum absolute atomic E-state index is 12.6. The van der Waals surface area contributed by atoms with Crippen molar-refractivity contribution >= 4 is 23.2 Å². The number of ether oxygens (including phenoxy) is 1. The van der Waals surface area contributed by atoms with Crippen molar-refractivity contribution in [1.29, 1.82) is 0 Å². The molecule has 1 aliphatic heterocycles. The number of amides is 1. The summed E-state index contributed by atoms with van der Waals surface area (Å²) in [7, 11) is 1.90. The number of likely N-dealkylation sites (tertiary alicyclic amines) is 1. The zero-order chi connectivity index (χ0) is 17.7. The first-order valence-corrected chi connectivity index (χ1v) is 8.34. The summed E-state index contributed by atoms with van der Waals surface area (Å²) >= 11 is 5.79. The largest absolute Gasteiger partial charge is 0.474 e. The van der Waals surface area contributed by atoms with Gasteiger partial charge in [-0.05, 0) is 51.4 Å². The molecule has 0 aliphatic carbocycles. The summed E-state index contributed by atoms with van der Waals surface area (Å²) in [6.07, 6.45) is 1.24. The van der Waals surface area contributed by atoms with E-state index in [1.165, 1.54) is 18.2 Å². The van der Waals surface area contributed by atoms with E-state index in [-0.39, 0.29) is 22.4 Å². The maximum Gasteiger partial charge on any atom is 0.312 e. The van der Waals surface area contributed by atoms with Gasteiger partial charge in [0.15, 0.2) is 11.9 Å². The Kier molecular flexibility index (Phi) is 6.39. The highest BCUT2D eigenvalue weighted by Gasteiger charge is 2.29. The van der Waals surface area contributed by atoms with Crippen LogP contribution >= 0.6 is 11.6 Å². The quantitative estimate of drug-likeness (QED) is 0.626. The molecule has 24 heavy (non-hydrogen) atoms. The number of nitrogens with one attached hydrogen (secondary N) is 1. The molecular weight excluding hydrogens is 334 g/mol. The van der Waals surface area contributed by atoms with Crippen molar-refractivity contribution in [3.63, 3.8) is 0 Å². The van der Waals surface area contributed by atoms with Crippen molar-refractivity contribution in [2.75, 3.05) is 26.7 Å². The van der Waals surface area contributed by atoms with Gasteiger partial charge in [0.05, 0.1) is 4.92 Å². The van der Waals surface area contributed by atoms with Gasteiger partial charge < -0.3 is 15.0 Å². The number of nitro groups is 1. The summed E-state index contributed by atoms with van der Waals surface area (Å²) in [5.74, 6) is 0.318. The monoisotopic (exact) mass is 355 g/mol. The number of benzene rings is 1. The first-order chi connectivity index (χ1) is 11.4. The molecule has 0 saturated carbocycles. The Balaban J connectivity index is 2.05. The Bertz CT molecular complexity index is 609. The van der Waals surface area contributed by atoms with E-state index in [0.29, 0.717) is 19.0 Å². The third-order valence-corrected chi connectivity index (χ3v) is 4.33. The van der Waals surface area contributed by atoms with E-state index in [2.05, 4.69) is 5.32 Å². The number of rotatable bonds is 6. The van der Waals surface area contributed by atoms with Gasteiger partial charge in [-0.3, -0.25) is 14.9 Å². The van der Waals surface area contributed by atoms with Crippen LogP contribution in [-0.2, 0) is 4.79 Å². The predicted octanol–water partition coefficient (Wildman–Crippen LogP) is 2.47. The standard InChI is InChI=1S/C16H22ClN3O4/c1-11(16(21)19-7-3-4-12(10-19)9-18-2)24-15-6-5-13(17)8-14(15)20(22)23/h5-6,8,11-12,18H,3-4,7,9-10H2,1-2H3. The highest BCUT2D eigenvalue weighted by Crippen LogP contribution is 2.31. The van der Waals surface area contributed by atoms with Gasteiger partial charge in [-0.2, -0.15) is 0 Å². The van der Waals surface area contributed by atoms with Crippen LogP contribution < -0.4 is 10.1 Å². The number of hydrogen-bond acceptors (Lipinski definition) is 5. The lowest BCUT2D eigenvalue weighted by molar-refractivity contribution is -0.386. The summed E-state index contributed by atoms with van der Waals surface area (Å²) in [6, 6.07) is 4.15. The molecule has 2 unspecified atom stereocenters. The van der Waals surface area contributed by atoms with Crippen LogP contribution in [0.15, 0.2) is 18.2 Å². The van der Waals surface area contributed by atoms with E-state index in [9.17, 15) is 14.9 Å². The molecule has 1 saturated heterocycles. The smallest absolute Gasteiger partial charge is 0.312 e. The average Bonchev–Trinajstić information content (AvgIpc) is 2.56. The summed E-state index contributed by atoms with van der Waals surface area (Å²) in [4.78, 5) is 24.9. The molecule has 132 valence electrons. The molecule has 7 nitrogen and oxygen atoms in total. The Morgan fingerprint density at radius 1 is 1.58 bits per heavy atom. The second-order valence-corrected chi connectivity index (χ2v) is 6.42. The van der Waals surface area contributed by atoms with Gasteiger partial charge in [-0.1, -0.05) is 11.6 Å². The highest BCUT2D eigenvalue weighted by molar-refractivity contribution is 6.30. The molecule has 1 fully saturated rings.